The third kappa shape index (κ3) is 6.08. The molecule has 0 N–H and O–H groups in total. The maximum atomic E-state index is 13.3. The molecule has 0 saturated carbocycles. The summed E-state index contributed by atoms with van der Waals surface area (Å²) in [6.45, 7) is 9.80. The lowest BCUT2D eigenvalue weighted by atomic mass is 9.77. The van der Waals surface area contributed by atoms with Crippen molar-refractivity contribution in [3.05, 3.63) is 46.2 Å². The predicted molar refractivity (Wildman–Crippen MR) is 129 cm³/mol. The van der Waals surface area contributed by atoms with Crippen LogP contribution in [0.2, 0.25) is 5.02 Å². The number of morpholine rings is 1. The second kappa shape index (κ2) is 10.5. The zero-order valence-electron chi connectivity index (χ0n) is 20.0. The number of ether oxygens (including phenoxy) is 2. The highest BCUT2D eigenvalue weighted by Gasteiger charge is 2.40. The van der Waals surface area contributed by atoms with Gasteiger partial charge < -0.3 is 14.4 Å². The SMILES string of the molecule is Cc1cc(OCC2(CC(=O)N3CCOCC3)CCCN(Cc3cn(C)nc3C)C2)ccc1Cl. The van der Waals surface area contributed by atoms with E-state index in [4.69, 9.17) is 21.1 Å². The fraction of sp³-hybridized carbons (Fsp3) is 0.600. The molecule has 2 aromatic rings. The molecule has 0 bridgehead atoms. The van der Waals surface area contributed by atoms with Crippen LogP contribution in [-0.4, -0.2) is 71.5 Å². The Morgan fingerprint density at radius 3 is 2.73 bits per heavy atom. The summed E-state index contributed by atoms with van der Waals surface area (Å²) in [5.41, 5.74) is 3.05. The van der Waals surface area contributed by atoms with Gasteiger partial charge in [0.15, 0.2) is 0 Å². The van der Waals surface area contributed by atoms with Crippen molar-refractivity contribution in [3.8, 4) is 5.75 Å². The number of carbonyl (C=O) groups is 1. The summed E-state index contributed by atoms with van der Waals surface area (Å²) in [5.74, 6) is 1.00. The molecular weight excluding hydrogens is 440 g/mol. The lowest BCUT2D eigenvalue weighted by molar-refractivity contribution is -0.139. The van der Waals surface area contributed by atoms with Gasteiger partial charge in [-0.2, -0.15) is 5.10 Å². The van der Waals surface area contributed by atoms with Crippen LogP contribution in [0.5, 0.6) is 5.75 Å². The van der Waals surface area contributed by atoms with Crippen LogP contribution < -0.4 is 4.74 Å². The molecule has 1 atom stereocenters. The summed E-state index contributed by atoms with van der Waals surface area (Å²) in [7, 11) is 1.96. The Morgan fingerprint density at radius 2 is 2.03 bits per heavy atom. The number of likely N-dealkylation sites (tertiary alicyclic amines) is 1. The molecule has 4 rings (SSSR count). The first-order valence-electron chi connectivity index (χ1n) is 11.8. The number of amides is 1. The highest BCUT2D eigenvalue weighted by Crippen LogP contribution is 2.36. The topological polar surface area (TPSA) is 59.8 Å². The average molecular weight is 475 g/mol. The van der Waals surface area contributed by atoms with Gasteiger partial charge in [-0.05, 0) is 57.0 Å². The van der Waals surface area contributed by atoms with Crippen molar-refractivity contribution in [2.24, 2.45) is 12.5 Å². The summed E-state index contributed by atoms with van der Waals surface area (Å²) in [6.07, 6.45) is 4.59. The molecule has 2 saturated heterocycles. The molecule has 2 aliphatic heterocycles. The second-order valence-electron chi connectivity index (χ2n) is 9.60. The number of nitrogens with zero attached hydrogens (tertiary/aromatic N) is 4. The summed E-state index contributed by atoms with van der Waals surface area (Å²) in [4.78, 5) is 17.7. The molecule has 180 valence electrons. The normalized spacial score (nSPS) is 21.9. The molecule has 2 fully saturated rings. The molecule has 1 unspecified atom stereocenters. The number of piperidine rings is 1. The lowest BCUT2D eigenvalue weighted by Gasteiger charge is -2.43. The number of aryl methyl sites for hydroxylation is 3. The van der Waals surface area contributed by atoms with Crippen LogP contribution >= 0.6 is 11.6 Å². The Balaban J connectivity index is 1.50. The van der Waals surface area contributed by atoms with E-state index in [1.807, 2.05) is 41.8 Å². The first kappa shape index (κ1) is 24.0. The summed E-state index contributed by atoms with van der Waals surface area (Å²) in [5, 5.41) is 5.23. The Kier molecular flexibility index (Phi) is 7.62. The van der Waals surface area contributed by atoms with E-state index in [0.29, 0.717) is 39.3 Å². The first-order valence-corrected chi connectivity index (χ1v) is 12.2. The number of aromatic nitrogens is 2. The van der Waals surface area contributed by atoms with E-state index in [2.05, 4.69) is 23.1 Å². The molecule has 33 heavy (non-hydrogen) atoms. The Labute approximate surface area is 201 Å². The predicted octanol–water partition coefficient (Wildman–Crippen LogP) is 3.60. The zero-order chi connectivity index (χ0) is 23.4. The van der Waals surface area contributed by atoms with E-state index in [1.54, 1.807) is 0 Å². The molecule has 0 aliphatic carbocycles. The van der Waals surface area contributed by atoms with Crippen molar-refractivity contribution >= 4 is 17.5 Å². The van der Waals surface area contributed by atoms with Crippen LogP contribution in [0.3, 0.4) is 0 Å². The van der Waals surface area contributed by atoms with Gasteiger partial charge >= 0.3 is 0 Å². The Morgan fingerprint density at radius 1 is 1.24 bits per heavy atom. The third-order valence-corrected chi connectivity index (χ3v) is 7.24. The van der Waals surface area contributed by atoms with Crippen LogP contribution in [0.1, 0.15) is 36.1 Å². The fourth-order valence-corrected chi connectivity index (χ4v) is 5.11. The first-order chi connectivity index (χ1) is 15.8. The fourth-order valence-electron chi connectivity index (χ4n) is 4.99. The van der Waals surface area contributed by atoms with Crippen LogP contribution in [-0.2, 0) is 23.1 Å². The van der Waals surface area contributed by atoms with Gasteiger partial charge in [-0.15, -0.1) is 0 Å². The van der Waals surface area contributed by atoms with Gasteiger partial charge in [0.25, 0.3) is 0 Å². The molecule has 0 spiro atoms. The number of rotatable bonds is 7. The van der Waals surface area contributed by atoms with Gasteiger partial charge in [-0.1, -0.05) is 11.6 Å². The van der Waals surface area contributed by atoms with Crippen molar-refractivity contribution < 1.29 is 14.3 Å². The number of hydrogen-bond donors (Lipinski definition) is 0. The summed E-state index contributed by atoms with van der Waals surface area (Å²) < 4.78 is 13.6. The van der Waals surface area contributed by atoms with E-state index < -0.39 is 0 Å². The van der Waals surface area contributed by atoms with Crippen LogP contribution in [0, 0.1) is 19.3 Å². The van der Waals surface area contributed by atoms with Crippen molar-refractivity contribution in [1.82, 2.24) is 19.6 Å². The molecular formula is C25H35ClN4O3. The summed E-state index contributed by atoms with van der Waals surface area (Å²) >= 11 is 6.19. The molecule has 1 aromatic heterocycles. The van der Waals surface area contributed by atoms with E-state index in [1.165, 1.54) is 5.56 Å². The highest BCUT2D eigenvalue weighted by molar-refractivity contribution is 6.31. The van der Waals surface area contributed by atoms with Gasteiger partial charge in [0.05, 0.1) is 25.5 Å². The maximum Gasteiger partial charge on any atom is 0.223 e. The molecule has 2 aliphatic rings. The zero-order valence-corrected chi connectivity index (χ0v) is 20.7. The molecule has 0 radical (unpaired) electrons. The van der Waals surface area contributed by atoms with E-state index >= 15 is 0 Å². The number of halogens is 1. The number of benzene rings is 1. The van der Waals surface area contributed by atoms with Gasteiger partial charge in [0.1, 0.15) is 5.75 Å². The molecule has 7 nitrogen and oxygen atoms in total. The van der Waals surface area contributed by atoms with Crippen molar-refractivity contribution in [2.45, 2.75) is 39.7 Å². The Bertz CT molecular complexity index is 973. The van der Waals surface area contributed by atoms with Crippen molar-refractivity contribution in [1.29, 1.82) is 0 Å². The lowest BCUT2D eigenvalue weighted by Crippen LogP contribution is -2.50. The van der Waals surface area contributed by atoms with Gasteiger partial charge in [-0.25, -0.2) is 0 Å². The minimum atomic E-state index is -0.239. The second-order valence-corrected chi connectivity index (χ2v) is 10.0. The van der Waals surface area contributed by atoms with Crippen LogP contribution in [0.15, 0.2) is 24.4 Å². The van der Waals surface area contributed by atoms with Crippen LogP contribution in [0.4, 0.5) is 0 Å². The van der Waals surface area contributed by atoms with E-state index in [9.17, 15) is 4.79 Å². The molecule has 1 aromatic carbocycles. The van der Waals surface area contributed by atoms with Crippen LogP contribution in [0.25, 0.3) is 0 Å². The quantitative estimate of drug-likeness (QED) is 0.613. The average Bonchev–Trinajstić information content (AvgIpc) is 3.12. The number of carbonyl (C=O) groups excluding carboxylic acids is 1. The van der Waals surface area contributed by atoms with E-state index in [-0.39, 0.29) is 11.3 Å². The molecule has 3 heterocycles. The standard InChI is InChI=1S/C25H35ClN4O3/c1-19-13-22(5-6-23(19)26)33-18-25(14-24(31)30-9-11-32-12-10-30)7-4-8-29(17-25)16-21-15-28(3)27-20(21)2/h5-6,13,15H,4,7-12,14,16-18H2,1-3H3. The number of hydrogen-bond acceptors (Lipinski definition) is 5. The van der Waals surface area contributed by atoms with Gasteiger partial charge in [-0.3, -0.25) is 14.4 Å². The monoisotopic (exact) mass is 474 g/mol. The maximum absolute atomic E-state index is 13.3. The van der Waals surface area contributed by atoms with Gasteiger partial charge in [0.2, 0.25) is 5.91 Å². The van der Waals surface area contributed by atoms with E-state index in [0.717, 1.165) is 54.5 Å². The highest BCUT2D eigenvalue weighted by atomic mass is 35.5. The molecule has 8 heteroatoms. The third-order valence-electron chi connectivity index (χ3n) is 6.81. The molecule has 1 amide bonds. The van der Waals surface area contributed by atoms with Crippen molar-refractivity contribution in [2.75, 3.05) is 46.0 Å². The minimum Gasteiger partial charge on any atom is -0.493 e. The van der Waals surface area contributed by atoms with Gasteiger partial charge in [0, 0.05) is 61.8 Å². The van der Waals surface area contributed by atoms with Crippen molar-refractivity contribution in [3.63, 3.8) is 0 Å². The minimum absolute atomic E-state index is 0.202. The summed E-state index contributed by atoms with van der Waals surface area (Å²) in [6, 6.07) is 5.75. The Hall–Kier alpha value is -2.09. The smallest absolute Gasteiger partial charge is 0.223 e. The largest absolute Gasteiger partial charge is 0.493 e.